The van der Waals surface area contributed by atoms with Crippen LogP contribution in [0.2, 0.25) is 0 Å². The number of aliphatic hydroxyl groups is 3. The number of hydrogen-bond acceptors (Lipinski definition) is 18. The number of benzene rings is 8. The fraction of sp³-hybridized carbons (Fsp3) is 0.114. The molecule has 12 aromatic heterocycles. The summed E-state index contributed by atoms with van der Waals surface area (Å²) in [6.07, 6.45) is 9.40. The number of pyridine rings is 6. The van der Waals surface area contributed by atoms with E-state index in [-0.39, 0.29) is 94.9 Å². The van der Waals surface area contributed by atoms with Gasteiger partial charge in [-0.1, -0.05) is 185 Å². The molecule has 126 heavy (non-hydrogen) atoms. The second-order valence-corrected chi connectivity index (χ2v) is 33.0. The number of furan rings is 3. The standard InChI is InChI=1S/C33H23N2OS.C31H19N2OS.C26H17N2OS.3C5H8O2.3Ir/c1-19-6-4-7-20(2)31(19)23-13-11-22(12-14-23)29-17-24-16-28(34-18-30(24)37-29)27-9-5-8-25-26-15-10-21(3)35-33(26)36-32(25)27;1-19-15-16-23-22-13-8-14-24(29(22)34-31(23)33-19)26-17-25-27(18-32-26)35-30(21-11-6-3-7-12-21)28(25)20-9-4-2-5-10-20;1-15-11-12-19-18-9-6-10-20(24(18)29-26(19)28-15)22-13-21-16(2)25(30-23(21)14-27-22)17-7-4-3-5-8-17;3*1-4(6)3-5(2)7;;;/h4-8,10-18H,1-3H3;2-13,15-18H,1H3;3-9,11-14H,1-2H3;3*3,6H,1-2H3;;;/q3*-1;;;;;;. The van der Waals surface area contributed by atoms with Crippen molar-refractivity contribution in [3.05, 3.63) is 337 Å². The third kappa shape index (κ3) is 20.9. The quantitative estimate of drug-likeness (QED) is 0.0621. The summed E-state index contributed by atoms with van der Waals surface area (Å²) in [4.78, 5) is 61.9. The summed E-state index contributed by atoms with van der Waals surface area (Å²) >= 11 is 5.33. The Morgan fingerprint density at radius 2 is 0.698 bits per heavy atom. The van der Waals surface area contributed by atoms with E-state index < -0.39 is 0 Å². The van der Waals surface area contributed by atoms with Gasteiger partial charge in [0.1, 0.15) is 0 Å². The summed E-state index contributed by atoms with van der Waals surface area (Å²) in [6.45, 7) is 21.0. The van der Waals surface area contributed by atoms with Crippen LogP contribution in [0.5, 0.6) is 0 Å². The molecule has 0 saturated carbocycles. The minimum Gasteiger partial charge on any atom is -0.512 e. The van der Waals surface area contributed by atoms with Gasteiger partial charge in [-0.15, -0.1) is 88.6 Å². The third-order valence-corrected chi connectivity index (χ3v) is 23.8. The van der Waals surface area contributed by atoms with Gasteiger partial charge in [-0.25, -0.2) is 15.0 Å². The second kappa shape index (κ2) is 41.1. The first-order valence-corrected chi connectivity index (χ1v) is 42.1. The van der Waals surface area contributed by atoms with E-state index >= 15 is 0 Å². The van der Waals surface area contributed by atoms with Crippen LogP contribution in [0, 0.1) is 59.7 Å². The number of allylic oxidation sites excluding steroid dienone is 6. The van der Waals surface area contributed by atoms with Crippen molar-refractivity contribution in [2.75, 3.05) is 0 Å². The molecule has 0 fully saturated rings. The predicted molar refractivity (Wildman–Crippen MR) is 504 cm³/mol. The van der Waals surface area contributed by atoms with Gasteiger partial charge in [0.25, 0.3) is 0 Å². The molecule has 21 heteroatoms. The molecule has 0 amide bonds. The predicted octanol–water partition coefficient (Wildman–Crippen LogP) is 28.5. The van der Waals surface area contributed by atoms with Gasteiger partial charge >= 0.3 is 0 Å². The van der Waals surface area contributed by atoms with Crippen LogP contribution < -0.4 is 0 Å². The Morgan fingerprint density at radius 3 is 1.10 bits per heavy atom. The van der Waals surface area contributed by atoms with E-state index in [0.29, 0.717) is 17.1 Å². The van der Waals surface area contributed by atoms with E-state index in [0.717, 1.165) is 109 Å². The van der Waals surface area contributed by atoms with E-state index in [9.17, 15) is 14.4 Å². The van der Waals surface area contributed by atoms with Crippen molar-refractivity contribution in [1.29, 1.82) is 0 Å². The molecule has 20 rings (SSSR count). The van der Waals surface area contributed by atoms with E-state index in [1.54, 1.807) is 34.0 Å². The third-order valence-electron chi connectivity index (χ3n) is 20.2. The van der Waals surface area contributed by atoms with Crippen LogP contribution in [0.1, 0.15) is 75.3 Å². The molecule has 0 atom stereocenters. The molecular weight excluding hydrogens is 2160 g/mol. The van der Waals surface area contributed by atoms with E-state index in [4.69, 9.17) is 43.5 Å². The summed E-state index contributed by atoms with van der Waals surface area (Å²) in [6, 6.07) is 90.0. The van der Waals surface area contributed by atoms with Crippen molar-refractivity contribution in [3.8, 4) is 87.3 Å². The molecule has 8 aromatic carbocycles. The first-order valence-electron chi connectivity index (χ1n) is 39.7. The van der Waals surface area contributed by atoms with Gasteiger partial charge in [-0.2, -0.15) is 0 Å². The van der Waals surface area contributed by atoms with Crippen molar-refractivity contribution in [1.82, 2.24) is 29.9 Å². The number of fused-ring (bicyclic) bond motifs is 12. The minimum absolute atomic E-state index is 0. The number of thiophene rings is 3. The molecule has 0 unspecified atom stereocenters. The van der Waals surface area contributed by atoms with Crippen molar-refractivity contribution in [3.63, 3.8) is 0 Å². The van der Waals surface area contributed by atoms with Gasteiger partial charge in [0.2, 0.25) is 17.1 Å². The maximum absolute atomic E-state index is 10.0. The maximum Gasteiger partial charge on any atom is 0.216 e. The van der Waals surface area contributed by atoms with E-state index in [2.05, 4.69) is 224 Å². The first kappa shape index (κ1) is 92.7. The topological polar surface area (TPSA) is 229 Å². The number of aliphatic hydroxyl groups excluding tert-OH is 3. The Balaban J connectivity index is 0.000000153. The van der Waals surface area contributed by atoms with Gasteiger partial charge in [0.05, 0.1) is 48.1 Å². The average molecular weight is 2250 g/mol. The molecule has 15 nitrogen and oxygen atoms in total. The van der Waals surface area contributed by atoms with Crippen LogP contribution in [0.25, 0.3) is 184 Å². The van der Waals surface area contributed by atoms with Gasteiger partial charge in [-0.3, -0.25) is 14.4 Å². The van der Waals surface area contributed by atoms with Crippen LogP contribution in [0.3, 0.4) is 0 Å². The number of aryl methyl sites for hydroxylation is 6. The minimum atomic E-state index is -0.125. The number of rotatable bonds is 11. The average Bonchev–Trinajstić information content (AvgIpc) is 1.58. The molecule has 0 spiro atoms. The fourth-order valence-corrected chi connectivity index (χ4v) is 18.2. The Bertz CT molecular complexity index is 7420. The molecule has 0 bridgehead atoms. The molecule has 3 N–H and O–H groups in total. The molecule has 0 aliphatic heterocycles. The monoisotopic (exact) mass is 2250 g/mol. The summed E-state index contributed by atoms with van der Waals surface area (Å²) in [5.41, 5.74) is 24.8. The molecule has 0 aliphatic rings. The number of aromatic nitrogens is 6. The van der Waals surface area contributed by atoms with Crippen LogP contribution >= 0.6 is 34.0 Å². The summed E-state index contributed by atoms with van der Waals surface area (Å²) in [5, 5.41) is 34.8. The second-order valence-electron chi connectivity index (χ2n) is 29.9. The van der Waals surface area contributed by atoms with Gasteiger partial charge in [-0.05, 0) is 209 Å². The number of ketones is 3. The number of carbonyl (C=O) groups is 3. The van der Waals surface area contributed by atoms with Crippen molar-refractivity contribution in [2.24, 2.45) is 0 Å². The number of hydrogen-bond donors (Lipinski definition) is 3. The summed E-state index contributed by atoms with van der Waals surface area (Å²) in [7, 11) is 0. The summed E-state index contributed by atoms with van der Waals surface area (Å²) in [5.74, 6) is -0.187. The maximum atomic E-state index is 10.0. The molecule has 0 saturated heterocycles. The van der Waals surface area contributed by atoms with Gasteiger partial charge in [0.15, 0.2) is 17.3 Å². The summed E-state index contributed by atoms with van der Waals surface area (Å²) < 4.78 is 22.1. The number of nitrogens with zero attached hydrogens (tertiary/aromatic N) is 6. The smallest absolute Gasteiger partial charge is 0.216 e. The Kier molecular flexibility index (Phi) is 30.2. The molecule has 0 aliphatic carbocycles. The van der Waals surface area contributed by atoms with Gasteiger partial charge in [0, 0.05) is 151 Å². The molecule has 20 aromatic rings. The Hall–Kier alpha value is -12.5. The molecule has 3 radical (unpaired) electrons. The zero-order valence-electron chi connectivity index (χ0n) is 70.6. The Labute approximate surface area is 781 Å². The number of carbonyl (C=O) groups excluding carboxylic acids is 3. The largest absolute Gasteiger partial charge is 0.512 e. The SMILES string of the molecule is CC(=O)C=C(C)O.CC(=O)C=C(C)O.CC(=O)C=C(C)O.Cc1ccc2c(n1)oc1c(-c3cc4c(-c5ccccc5)c(-c5ccccc5)sc4cn3)[c-]ccc12.Cc1ccc2c(n1)oc1c(-c3cc4c(C)c(-c5ccccc5)sc4cn3)[c-]ccc12.Cc1ccc2c(n1)oc1c(-c3cc4cc(-c5ccc(-c6c(C)cccc6C)cc5)sc4cn3)[c-]ccc12.[Ir].[Ir].[Ir]. The molecule has 635 valence electrons. The van der Waals surface area contributed by atoms with Crippen molar-refractivity contribution >= 4 is 148 Å². The van der Waals surface area contributed by atoms with Crippen LogP contribution in [-0.2, 0) is 74.7 Å². The normalized spacial score (nSPS) is 11.3. The van der Waals surface area contributed by atoms with Crippen LogP contribution in [0.15, 0.2) is 298 Å². The van der Waals surface area contributed by atoms with E-state index in [1.165, 1.54) is 151 Å². The van der Waals surface area contributed by atoms with Crippen molar-refractivity contribution in [2.45, 2.75) is 83.1 Å². The zero-order chi connectivity index (χ0) is 86.3. The molecule has 12 heterocycles. The van der Waals surface area contributed by atoms with Gasteiger partial charge < -0.3 is 43.5 Å². The molecular formula is C105H83Ir3N6O9S3-3. The van der Waals surface area contributed by atoms with Crippen molar-refractivity contribution < 1.29 is 103 Å². The van der Waals surface area contributed by atoms with Crippen LogP contribution in [-0.4, -0.2) is 62.6 Å². The first-order chi connectivity index (χ1) is 59.4. The van der Waals surface area contributed by atoms with Crippen LogP contribution in [0.4, 0.5) is 0 Å². The van der Waals surface area contributed by atoms with E-state index in [1.807, 2.05) is 100 Å². The fourth-order valence-electron chi connectivity index (χ4n) is 14.8. The zero-order valence-corrected chi connectivity index (χ0v) is 80.2. The Morgan fingerprint density at radius 1 is 0.341 bits per heavy atom.